The van der Waals surface area contributed by atoms with E-state index in [1.54, 1.807) is 7.11 Å². The van der Waals surface area contributed by atoms with E-state index < -0.39 is 5.60 Å². The molecule has 184 valence electrons. The zero-order valence-electron chi connectivity index (χ0n) is 20.7. The van der Waals surface area contributed by atoms with Crippen LogP contribution in [0, 0.1) is 0 Å². The zero-order chi connectivity index (χ0) is 23.8. The molecule has 2 aromatic carbocycles. The second-order valence-corrected chi connectivity index (χ2v) is 9.41. The topological polar surface area (TPSA) is 54.0 Å². The third-order valence-corrected chi connectivity index (χ3v) is 7.20. The number of hydrogen-bond acceptors (Lipinski definition) is 5. The molecule has 2 fully saturated rings. The molecule has 0 radical (unpaired) electrons. The second-order valence-electron chi connectivity index (χ2n) is 9.41. The number of carbonyl (C=O) groups excluding carboxylic acids is 1. The van der Waals surface area contributed by atoms with Gasteiger partial charge in [-0.3, -0.25) is 4.79 Å². The SMILES string of the molecule is CCN1CCN(CCCNC(=O)C2(Cc3cccc(-c4ccccc4OC)c3)CCCO2)CC1. The number of nitrogens with zero attached hydrogens (tertiary/aromatic N) is 2. The molecule has 0 spiro atoms. The van der Waals surface area contributed by atoms with E-state index in [1.807, 2.05) is 18.2 Å². The van der Waals surface area contributed by atoms with Crippen LogP contribution in [-0.2, 0) is 16.0 Å². The molecule has 2 saturated heterocycles. The van der Waals surface area contributed by atoms with E-state index in [-0.39, 0.29) is 5.91 Å². The van der Waals surface area contributed by atoms with Gasteiger partial charge in [-0.15, -0.1) is 0 Å². The van der Waals surface area contributed by atoms with Gasteiger partial charge in [0.2, 0.25) is 0 Å². The first-order chi connectivity index (χ1) is 16.6. The number of likely N-dealkylation sites (N-methyl/N-ethyl adjacent to an activating group) is 1. The second kappa shape index (κ2) is 11.8. The number of hydrogen-bond donors (Lipinski definition) is 1. The monoisotopic (exact) mass is 465 g/mol. The third-order valence-electron chi connectivity index (χ3n) is 7.20. The van der Waals surface area contributed by atoms with Crippen molar-refractivity contribution < 1.29 is 14.3 Å². The van der Waals surface area contributed by atoms with Gasteiger partial charge in [0.1, 0.15) is 5.75 Å². The Labute approximate surface area is 204 Å². The predicted molar refractivity (Wildman–Crippen MR) is 136 cm³/mol. The van der Waals surface area contributed by atoms with Crippen molar-refractivity contribution in [3.63, 3.8) is 0 Å². The van der Waals surface area contributed by atoms with Gasteiger partial charge in [0, 0.05) is 51.3 Å². The maximum atomic E-state index is 13.3. The summed E-state index contributed by atoms with van der Waals surface area (Å²) in [6.07, 6.45) is 3.23. The lowest BCUT2D eigenvalue weighted by molar-refractivity contribution is -0.141. The molecule has 34 heavy (non-hydrogen) atoms. The number of nitrogens with one attached hydrogen (secondary N) is 1. The Balaban J connectivity index is 1.35. The van der Waals surface area contributed by atoms with E-state index in [0.717, 1.165) is 81.0 Å². The van der Waals surface area contributed by atoms with Gasteiger partial charge in [-0.05, 0) is 49.5 Å². The van der Waals surface area contributed by atoms with E-state index in [2.05, 4.69) is 52.4 Å². The summed E-state index contributed by atoms with van der Waals surface area (Å²) in [6.45, 7) is 10.3. The van der Waals surface area contributed by atoms with Gasteiger partial charge in [0.05, 0.1) is 7.11 Å². The average molecular weight is 466 g/mol. The molecule has 0 bridgehead atoms. The van der Waals surface area contributed by atoms with E-state index in [0.29, 0.717) is 19.6 Å². The van der Waals surface area contributed by atoms with Crippen molar-refractivity contribution in [2.75, 3.05) is 59.5 Å². The molecule has 1 amide bonds. The minimum absolute atomic E-state index is 0.0310. The number of benzene rings is 2. The molecule has 6 heteroatoms. The van der Waals surface area contributed by atoms with E-state index in [9.17, 15) is 4.79 Å². The highest BCUT2D eigenvalue weighted by atomic mass is 16.5. The number of carbonyl (C=O) groups is 1. The Morgan fingerprint density at radius 3 is 2.62 bits per heavy atom. The fourth-order valence-electron chi connectivity index (χ4n) is 5.15. The summed E-state index contributed by atoms with van der Waals surface area (Å²) in [5.74, 6) is 0.879. The molecule has 2 aliphatic heterocycles. The molecule has 0 saturated carbocycles. The third kappa shape index (κ3) is 5.98. The number of rotatable bonds is 10. The highest BCUT2D eigenvalue weighted by Gasteiger charge is 2.42. The van der Waals surface area contributed by atoms with E-state index in [1.165, 1.54) is 0 Å². The Hall–Kier alpha value is -2.41. The molecule has 2 aliphatic rings. The van der Waals surface area contributed by atoms with Crippen LogP contribution < -0.4 is 10.1 Å². The van der Waals surface area contributed by atoms with Crippen LogP contribution in [0.1, 0.15) is 31.7 Å². The molecular weight excluding hydrogens is 426 g/mol. The van der Waals surface area contributed by atoms with Crippen molar-refractivity contribution >= 4 is 5.91 Å². The van der Waals surface area contributed by atoms with Gasteiger partial charge in [-0.2, -0.15) is 0 Å². The Bertz CT molecular complexity index is 934. The fraction of sp³-hybridized carbons (Fsp3) is 0.536. The van der Waals surface area contributed by atoms with Crippen LogP contribution in [-0.4, -0.2) is 80.8 Å². The lowest BCUT2D eigenvalue weighted by atomic mass is 9.89. The van der Waals surface area contributed by atoms with Crippen molar-refractivity contribution in [2.24, 2.45) is 0 Å². The van der Waals surface area contributed by atoms with Crippen LogP contribution in [0.2, 0.25) is 0 Å². The Morgan fingerprint density at radius 1 is 1.09 bits per heavy atom. The van der Waals surface area contributed by atoms with Crippen molar-refractivity contribution in [2.45, 2.75) is 38.2 Å². The largest absolute Gasteiger partial charge is 0.496 e. The molecule has 2 heterocycles. The van der Waals surface area contributed by atoms with E-state index in [4.69, 9.17) is 9.47 Å². The number of para-hydroxylation sites is 1. The lowest BCUT2D eigenvalue weighted by Gasteiger charge is -2.34. The maximum absolute atomic E-state index is 13.3. The number of methoxy groups -OCH3 is 1. The number of amides is 1. The standard InChI is InChI=1S/C28H39N3O3/c1-3-30-16-18-31(19-17-30)15-8-14-29-27(32)28(13-7-20-34-28)22-23-9-6-10-24(21-23)25-11-4-5-12-26(25)33-2/h4-6,9-12,21H,3,7-8,13-20,22H2,1-2H3,(H,29,32). The molecule has 4 rings (SSSR count). The lowest BCUT2D eigenvalue weighted by Crippen LogP contribution is -2.49. The minimum Gasteiger partial charge on any atom is -0.496 e. The van der Waals surface area contributed by atoms with Crippen molar-refractivity contribution in [3.8, 4) is 16.9 Å². The molecule has 6 nitrogen and oxygen atoms in total. The molecule has 0 aliphatic carbocycles. The zero-order valence-corrected chi connectivity index (χ0v) is 20.7. The van der Waals surface area contributed by atoms with Crippen LogP contribution in [0.15, 0.2) is 48.5 Å². The fourth-order valence-corrected chi connectivity index (χ4v) is 5.15. The highest BCUT2D eigenvalue weighted by molar-refractivity contribution is 5.86. The van der Waals surface area contributed by atoms with Crippen molar-refractivity contribution in [1.29, 1.82) is 0 Å². The molecule has 1 N–H and O–H groups in total. The van der Waals surface area contributed by atoms with Crippen LogP contribution in [0.4, 0.5) is 0 Å². The van der Waals surface area contributed by atoms with Gasteiger partial charge >= 0.3 is 0 Å². The highest BCUT2D eigenvalue weighted by Crippen LogP contribution is 2.33. The minimum atomic E-state index is -0.772. The van der Waals surface area contributed by atoms with Gasteiger partial charge < -0.3 is 24.6 Å². The normalized spacial score (nSPS) is 21.5. The summed E-state index contributed by atoms with van der Waals surface area (Å²) in [7, 11) is 1.69. The van der Waals surface area contributed by atoms with Crippen molar-refractivity contribution in [1.82, 2.24) is 15.1 Å². The summed E-state index contributed by atoms with van der Waals surface area (Å²) < 4.78 is 11.7. The average Bonchev–Trinajstić information content (AvgIpc) is 3.36. The van der Waals surface area contributed by atoms with Crippen molar-refractivity contribution in [3.05, 3.63) is 54.1 Å². The van der Waals surface area contributed by atoms with Gasteiger partial charge in [0.15, 0.2) is 5.60 Å². The summed E-state index contributed by atoms with van der Waals surface area (Å²) in [6, 6.07) is 16.4. The van der Waals surface area contributed by atoms with Gasteiger partial charge in [0.25, 0.3) is 5.91 Å². The summed E-state index contributed by atoms with van der Waals surface area (Å²) >= 11 is 0. The first kappa shape index (κ1) is 24.7. The quantitative estimate of drug-likeness (QED) is 0.544. The smallest absolute Gasteiger partial charge is 0.252 e. The summed E-state index contributed by atoms with van der Waals surface area (Å²) in [4.78, 5) is 18.3. The maximum Gasteiger partial charge on any atom is 0.252 e. The summed E-state index contributed by atoms with van der Waals surface area (Å²) in [5.41, 5.74) is 2.48. The Kier molecular flexibility index (Phi) is 8.59. The molecule has 2 aromatic rings. The number of piperazine rings is 1. The van der Waals surface area contributed by atoms with Crippen LogP contribution in [0.5, 0.6) is 5.75 Å². The summed E-state index contributed by atoms with van der Waals surface area (Å²) in [5, 5.41) is 3.19. The Morgan fingerprint density at radius 2 is 1.88 bits per heavy atom. The van der Waals surface area contributed by atoms with Gasteiger partial charge in [-0.25, -0.2) is 0 Å². The molecule has 1 unspecified atom stereocenters. The first-order valence-electron chi connectivity index (χ1n) is 12.7. The molecule has 1 atom stereocenters. The van der Waals surface area contributed by atoms with Gasteiger partial charge in [-0.1, -0.05) is 49.4 Å². The van der Waals surface area contributed by atoms with Crippen LogP contribution in [0.25, 0.3) is 11.1 Å². The van der Waals surface area contributed by atoms with E-state index >= 15 is 0 Å². The first-order valence-corrected chi connectivity index (χ1v) is 12.7. The van der Waals surface area contributed by atoms with Crippen LogP contribution >= 0.6 is 0 Å². The predicted octanol–water partition coefficient (Wildman–Crippen LogP) is 3.60. The number of ether oxygens (including phenoxy) is 2. The van der Waals surface area contributed by atoms with Crippen LogP contribution in [0.3, 0.4) is 0 Å². The molecule has 0 aromatic heterocycles. The molecular formula is C28H39N3O3.